The number of hydrogen-bond acceptors (Lipinski definition) is 1. The molecule has 1 aromatic carbocycles. The normalized spacial score (nSPS) is 16.8. The van der Waals surface area contributed by atoms with Crippen LogP contribution in [0.5, 0.6) is 0 Å². The minimum Gasteiger partial charge on any atom is -0.481 e. The van der Waals surface area contributed by atoms with Crippen LogP contribution in [0, 0.1) is 0 Å². The lowest BCUT2D eigenvalue weighted by Gasteiger charge is -2.21. The molecule has 1 aromatic heterocycles. The van der Waals surface area contributed by atoms with E-state index < -0.39 is 5.97 Å². The number of fused-ring (bicyclic) bond motifs is 1. The number of aromatic nitrogens is 1. The Labute approximate surface area is 112 Å². The number of rotatable bonds is 3. The van der Waals surface area contributed by atoms with Crippen LogP contribution in [0.1, 0.15) is 49.1 Å². The first kappa shape index (κ1) is 12.3. The highest BCUT2D eigenvalue weighted by Crippen LogP contribution is 2.36. The van der Waals surface area contributed by atoms with Crippen LogP contribution < -0.4 is 0 Å². The van der Waals surface area contributed by atoms with Gasteiger partial charge in [-0.15, -0.1) is 0 Å². The molecule has 3 nitrogen and oxygen atoms in total. The number of nitrogens with one attached hydrogen (secondary N) is 1. The standard InChI is InChI=1S/C16H19NO2/c18-16(19)9-11-6-7-13-14(10-17-15(13)8-11)12-4-2-1-3-5-12/h6-8,10,12,17H,1-5,9H2,(H,18,19). The van der Waals surface area contributed by atoms with E-state index in [1.165, 1.54) is 43.1 Å². The highest BCUT2D eigenvalue weighted by Gasteiger charge is 2.18. The average molecular weight is 257 g/mol. The molecule has 0 aliphatic heterocycles. The van der Waals surface area contributed by atoms with Crippen molar-refractivity contribution in [2.75, 3.05) is 0 Å². The molecule has 3 heteroatoms. The summed E-state index contributed by atoms with van der Waals surface area (Å²) in [5.41, 5.74) is 3.34. The fraction of sp³-hybridized carbons (Fsp3) is 0.438. The Morgan fingerprint density at radius 2 is 2.05 bits per heavy atom. The number of hydrogen-bond donors (Lipinski definition) is 2. The van der Waals surface area contributed by atoms with Crippen LogP contribution in [-0.2, 0) is 11.2 Å². The van der Waals surface area contributed by atoms with Crippen LogP contribution in [0.2, 0.25) is 0 Å². The van der Waals surface area contributed by atoms with Crippen molar-refractivity contribution >= 4 is 16.9 Å². The molecule has 0 bridgehead atoms. The molecule has 0 unspecified atom stereocenters. The van der Waals surface area contributed by atoms with Gasteiger partial charge in [-0.3, -0.25) is 4.79 Å². The molecule has 1 fully saturated rings. The average Bonchev–Trinajstić information content (AvgIpc) is 2.82. The molecule has 1 heterocycles. The number of carboxylic acid groups (broad SMARTS) is 1. The third kappa shape index (κ3) is 2.50. The van der Waals surface area contributed by atoms with Crippen molar-refractivity contribution < 1.29 is 9.90 Å². The van der Waals surface area contributed by atoms with E-state index in [1.807, 2.05) is 12.1 Å². The van der Waals surface area contributed by atoms with E-state index in [2.05, 4.69) is 17.2 Å². The molecule has 2 aromatic rings. The number of H-pyrrole nitrogens is 1. The molecule has 3 rings (SSSR count). The zero-order valence-corrected chi connectivity index (χ0v) is 11.0. The van der Waals surface area contributed by atoms with Crippen LogP contribution in [-0.4, -0.2) is 16.1 Å². The smallest absolute Gasteiger partial charge is 0.307 e. The highest BCUT2D eigenvalue weighted by atomic mass is 16.4. The predicted molar refractivity (Wildman–Crippen MR) is 75.5 cm³/mol. The Bertz CT molecular complexity index is 594. The van der Waals surface area contributed by atoms with Crippen LogP contribution in [0.25, 0.3) is 10.9 Å². The molecule has 0 amide bonds. The van der Waals surface area contributed by atoms with Crippen LogP contribution in [0.15, 0.2) is 24.4 Å². The van der Waals surface area contributed by atoms with E-state index in [0.29, 0.717) is 5.92 Å². The molecule has 1 aliphatic rings. The van der Waals surface area contributed by atoms with E-state index in [0.717, 1.165) is 11.1 Å². The Morgan fingerprint density at radius 3 is 2.79 bits per heavy atom. The lowest BCUT2D eigenvalue weighted by Crippen LogP contribution is -2.03. The molecule has 0 saturated heterocycles. The number of aromatic amines is 1. The molecule has 1 aliphatic carbocycles. The first-order chi connectivity index (χ1) is 9.24. The van der Waals surface area contributed by atoms with Gasteiger partial charge in [0, 0.05) is 17.1 Å². The summed E-state index contributed by atoms with van der Waals surface area (Å²) in [6.45, 7) is 0. The molecule has 100 valence electrons. The van der Waals surface area contributed by atoms with Gasteiger partial charge >= 0.3 is 5.97 Å². The summed E-state index contributed by atoms with van der Waals surface area (Å²) in [5.74, 6) is -0.105. The lowest BCUT2D eigenvalue weighted by molar-refractivity contribution is -0.136. The van der Waals surface area contributed by atoms with Crippen molar-refractivity contribution in [3.8, 4) is 0 Å². The molecule has 0 atom stereocenters. The maximum absolute atomic E-state index is 10.7. The van der Waals surface area contributed by atoms with Gasteiger partial charge in [-0.05, 0) is 36.0 Å². The SMILES string of the molecule is O=C(O)Cc1ccc2c(C3CCCCC3)c[nH]c2c1. The van der Waals surface area contributed by atoms with Crippen molar-refractivity contribution in [1.29, 1.82) is 0 Å². The number of aliphatic carboxylic acids is 1. The second-order valence-electron chi connectivity index (χ2n) is 5.53. The summed E-state index contributed by atoms with van der Waals surface area (Å²) in [5, 5.41) is 10.1. The predicted octanol–water partition coefficient (Wildman–Crippen LogP) is 3.84. The second-order valence-corrected chi connectivity index (χ2v) is 5.53. The van der Waals surface area contributed by atoms with E-state index >= 15 is 0 Å². The first-order valence-electron chi connectivity index (χ1n) is 7.06. The lowest BCUT2D eigenvalue weighted by atomic mass is 9.84. The van der Waals surface area contributed by atoms with Gasteiger partial charge < -0.3 is 10.1 Å². The van der Waals surface area contributed by atoms with Gasteiger partial charge in [-0.2, -0.15) is 0 Å². The third-order valence-corrected chi connectivity index (χ3v) is 4.18. The van der Waals surface area contributed by atoms with E-state index in [-0.39, 0.29) is 6.42 Å². The van der Waals surface area contributed by atoms with E-state index in [9.17, 15) is 4.79 Å². The highest BCUT2D eigenvalue weighted by molar-refractivity contribution is 5.85. The summed E-state index contributed by atoms with van der Waals surface area (Å²) in [6.07, 6.45) is 8.79. The fourth-order valence-corrected chi connectivity index (χ4v) is 3.23. The summed E-state index contributed by atoms with van der Waals surface area (Å²) in [7, 11) is 0. The van der Waals surface area contributed by atoms with Crippen molar-refractivity contribution in [1.82, 2.24) is 4.98 Å². The van der Waals surface area contributed by atoms with Crippen molar-refractivity contribution in [3.05, 3.63) is 35.5 Å². The monoisotopic (exact) mass is 257 g/mol. The topological polar surface area (TPSA) is 53.1 Å². The Morgan fingerprint density at radius 1 is 1.26 bits per heavy atom. The quantitative estimate of drug-likeness (QED) is 0.877. The zero-order chi connectivity index (χ0) is 13.2. The molecular weight excluding hydrogens is 238 g/mol. The van der Waals surface area contributed by atoms with Gasteiger partial charge in [-0.1, -0.05) is 31.4 Å². The zero-order valence-electron chi connectivity index (χ0n) is 11.0. The van der Waals surface area contributed by atoms with Gasteiger partial charge in [0.15, 0.2) is 0 Å². The maximum Gasteiger partial charge on any atom is 0.307 e. The largest absolute Gasteiger partial charge is 0.481 e. The Hall–Kier alpha value is -1.77. The molecule has 1 saturated carbocycles. The minimum absolute atomic E-state index is 0.0910. The number of carboxylic acids is 1. The molecular formula is C16H19NO2. The van der Waals surface area contributed by atoms with Crippen LogP contribution in [0.3, 0.4) is 0 Å². The molecule has 0 spiro atoms. The van der Waals surface area contributed by atoms with Crippen molar-refractivity contribution in [3.63, 3.8) is 0 Å². The molecule has 2 N–H and O–H groups in total. The van der Waals surface area contributed by atoms with Gasteiger partial charge in [0.05, 0.1) is 6.42 Å². The number of benzene rings is 1. The molecule has 0 radical (unpaired) electrons. The second kappa shape index (κ2) is 5.08. The molecule has 19 heavy (non-hydrogen) atoms. The van der Waals surface area contributed by atoms with Gasteiger partial charge in [0.2, 0.25) is 0 Å². The van der Waals surface area contributed by atoms with Gasteiger partial charge in [0.25, 0.3) is 0 Å². The van der Waals surface area contributed by atoms with E-state index in [1.54, 1.807) is 0 Å². The maximum atomic E-state index is 10.7. The minimum atomic E-state index is -0.779. The third-order valence-electron chi connectivity index (χ3n) is 4.18. The Kier molecular flexibility index (Phi) is 3.28. The van der Waals surface area contributed by atoms with E-state index in [4.69, 9.17) is 5.11 Å². The Balaban J connectivity index is 1.92. The van der Waals surface area contributed by atoms with Crippen LogP contribution >= 0.6 is 0 Å². The van der Waals surface area contributed by atoms with Gasteiger partial charge in [0.1, 0.15) is 0 Å². The van der Waals surface area contributed by atoms with Gasteiger partial charge in [-0.25, -0.2) is 0 Å². The summed E-state index contributed by atoms with van der Waals surface area (Å²) in [6, 6.07) is 5.99. The van der Waals surface area contributed by atoms with Crippen molar-refractivity contribution in [2.24, 2.45) is 0 Å². The number of carbonyl (C=O) groups is 1. The van der Waals surface area contributed by atoms with Crippen LogP contribution in [0.4, 0.5) is 0 Å². The fourth-order valence-electron chi connectivity index (χ4n) is 3.23. The summed E-state index contributed by atoms with van der Waals surface area (Å²) in [4.78, 5) is 14.1. The first-order valence-corrected chi connectivity index (χ1v) is 7.06. The van der Waals surface area contributed by atoms with Crippen molar-refractivity contribution in [2.45, 2.75) is 44.4 Å². The summed E-state index contributed by atoms with van der Waals surface area (Å²) >= 11 is 0. The summed E-state index contributed by atoms with van der Waals surface area (Å²) < 4.78 is 0.